The van der Waals surface area contributed by atoms with Crippen molar-refractivity contribution in [2.24, 2.45) is 0 Å². The fourth-order valence-corrected chi connectivity index (χ4v) is 1.31. The van der Waals surface area contributed by atoms with Gasteiger partial charge in [0.05, 0.1) is 6.61 Å². The molecule has 0 amide bonds. The Labute approximate surface area is 97.0 Å². The molecule has 1 aromatic rings. The summed E-state index contributed by atoms with van der Waals surface area (Å²) in [4.78, 5) is 4.21. The van der Waals surface area contributed by atoms with Gasteiger partial charge in [0.15, 0.2) is 0 Å². The molecular formula is C12H20N2O2. The van der Waals surface area contributed by atoms with E-state index in [9.17, 15) is 0 Å². The van der Waals surface area contributed by atoms with Crippen LogP contribution in [0.4, 0.5) is 0 Å². The number of methoxy groups -OCH3 is 1. The van der Waals surface area contributed by atoms with Crippen LogP contribution in [-0.4, -0.2) is 31.9 Å². The average molecular weight is 224 g/mol. The minimum absolute atomic E-state index is 0.536. The normalized spacial score (nSPS) is 10.4. The van der Waals surface area contributed by atoms with Gasteiger partial charge in [0.2, 0.25) is 5.88 Å². The third-order valence-corrected chi connectivity index (χ3v) is 2.12. The highest BCUT2D eigenvalue weighted by Crippen LogP contribution is 2.13. The zero-order valence-corrected chi connectivity index (χ0v) is 10.0. The van der Waals surface area contributed by atoms with E-state index in [4.69, 9.17) is 9.47 Å². The highest BCUT2D eigenvalue weighted by atomic mass is 16.5. The number of nitrogens with one attached hydrogen (secondary N) is 1. The fourth-order valence-electron chi connectivity index (χ4n) is 1.31. The molecule has 0 bridgehead atoms. The molecule has 0 aromatic carbocycles. The lowest BCUT2D eigenvalue weighted by atomic mass is 10.2. The van der Waals surface area contributed by atoms with Gasteiger partial charge in [-0.3, -0.25) is 0 Å². The van der Waals surface area contributed by atoms with Crippen molar-refractivity contribution in [1.29, 1.82) is 0 Å². The summed E-state index contributed by atoms with van der Waals surface area (Å²) in [6.07, 6.45) is 2.87. The monoisotopic (exact) mass is 224 g/mol. The summed E-state index contributed by atoms with van der Waals surface area (Å²) in [5.74, 6) is 0.697. The molecule has 0 radical (unpaired) electrons. The lowest BCUT2D eigenvalue weighted by Crippen LogP contribution is -2.15. The number of nitrogens with zero attached hydrogens (tertiary/aromatic N) is 1. The summed E-state index contributed by atoms with van der Waals surface area (Å²) >= 11 is 0. The first-order valence-electron chi connectivity index (χ1n) is 5.64. The van der Waals surface area contributed by atoms with E-state index in [-0.39, 0.29) is 0 Å². The number of ether oxygens (including phenoxy) is 2. The minimum Gasteiger partial charge on any atom is -0.475 e. The van der Waals surface area contributed by atoms with E-state index in [1.165, 1.54) is 0 Å². The van der Waals surface area contributed by atoms with E-state index in [1.807, 2.05) is 12.1 Å². The van der Waals surface area contributed by atoms with Crippen molar-refractivity contribution in [3.05, 3.63) is 23.9 Å². The van der Waals surface area contributed by atoms with Crippen LogP contribution in [0.2, 0.25) is 0 Å². The maximum absolute atomic E-state index is 5.53. The van der Waals surface area contributed by atoms with Gasteiger partial charge in [0.25, 0.3) is 0 Å². The van der Waals surface area contributed by atoms with Gasteiger partial charge in [-0.05, 0) is 19.0 Å². The molecule has 0 spiro atoms. The van der Waals surface area contributed by atoms with Crippen LogP contribution in [0.3, 0.4) is 0 Å². The quantitative estimate of drug-likeness (QED) is 0.681. The molecule has 1 rings (SSSR count). The Morgan fingerprint density at radius 2 is 2.25 bits per heavy atom. The summed E-state index contributed by atoms with van der Waals surface area (Å²) in [7, 11) is 1.66. The first-order chi connectivity index (χ1) is 7.88. The Kier molecular flexibility index (Phi) is 6.53. The lowest BCUT2D eigenvalue weighted by molar-refractivity contribution is 0.143. The maximum atomic E-state index is 5.53. The molecule has 0 aliphatic heterocycles. The van der Waals surface area contributed by atoms with E-state index in [0.29, 0.717) is 19.1 Å². The summed E-state index contributed by atoms with van der Waals surface area (Å²) in [6, 6.07) is 3.95. The third-order valence-electron chi connectivity index (χ3n) is 2.12. The van der Waals surface area contributed by atoms with Crippen LogP contribution in [0.15, 0.2) is 18.3 Å². The molecule has 0 aliphatic rings. The average Bonchev–Trinajstić information content (AvgIpc) is 2.32. The van der Waals surface area contributed by atoms with Crippen LogP contribution in [0.1, 0.15) is 18.9 Å². The van der Waals surface area contributed by atoms with Gasteiger partial charge >= 0.3 is 0 Å². The van der Waals surface area contributed by atoms with Gasteiger partial charge in [-0.1, -0.05) is 13.0 Å². The minimum atomic E-state index is 0.536. The Morgan fingerprint density at radius 1 is 1.38 bits per heavy atom. The van der Waals surface area contributed by atoms with Crippen molar-refractivity contribution in [1.82, 2.24) is 10.3 Å². The second-order valence-electron chi connectivity index (χ2n) is 3.49. The first-order valence-corrected chi connectivity index (χ1v) is 5.64. The molecule has 0 saturated carbocycles. The van der Waals surface area contributed by atoms with Crippen LogP contribution in [-0.2, 0) is 11.3 Å². The molecule has 0 aliphatic carbocycles. The van der Waals surface area contributed by atoms with E-state index in [0.717, 1.165) is 25.1 Å². The number of rotatable bonds is 8. The van der Waals surface area contributed by atoms with Crippen molar-refractivity contribution in [2.45, 2.75) is 19.9 Å². The lowest BCUT2D eigenvalue weighted by Gasteiger charge is -2.10. The van der Waals surface area contributed by atoms with Crippen LogP contribution in [0.25, 0.3) is 0 Å². The Balaban J connectivity index is 2.46. The molecule has 1 heterocycles. The predicted molar refractivity (Wildman–Crippen MR) is 63.6 cm³/mol. The Morgan fingerprint density at radius 3 is 3.00 bits per heavy atom. The number of hydrogen-bond acceptors (Lipinski definition) is 4. The molecule has 4 nitrogen and oxygen atoms in total. The standard InChI is InChI=1S/C12H20N2O2/c1-3-6-13-10-11-5-4-7-14-12(11)16-9-8-15-2/h4-5,7,13H,3,6,8-10H2,1-2H3. The Bertz CT molecular complexity index is 263. The predicted octanol–water partition coefficient (Wildman–Crippen LogP) is 1.61. The van der Waals surface area contributed by atoms with E-state index >= 15 is 0 Å². The van der Waals surface area contributed by atoms with Crippen LogP contribution < -0.4 is 10.1 Å². The molecule has 1 aromatic heterocycles. The van der Waals surface area contributed by atoms with Crippen LogP contribution >= 0.6 is 0 Å². The summed E-state index contributed by atoms with van der Waals surface area (Å²) in [5, 5.41) is 3.33. The van der Waals surface area contributed by atoms with Crippen LogP contribution in [0, 0.1) is 0 Å². The van der Waals surface area contributed by atoms with Crippen molar-refractivity contribution >= 4 is 0 Å². The molecule has 1 N–H and O–H groups in total. The van der Waals surface area contributed by atoms with Gasteiger partial charge in [-0.2, -0.15) is 0 Å². The molecule has 0 unspecified atom stereocenters. The van der Waals surface area contributed by atoms with Gasteiger partial charge in [0, 0.05) is 25.4 Å². The zero-order chi connectivity index (χ0) is 11.6. The highest BCUT2D eigenvalue weighted by molar-refractivity contribution is 5.25. The van der Waals surface area contributed by atoms with Crippen molar-refractivity contribution in [2.75, 3.05) is 26.9 Å². The number of pyridine rings is 1. The SMILES string of the molecule is CCCNCc1cccnc1OCCOC. The fraction of sp³-hybridized carbons (Fsp3) is 0.583. The van der Waals surface area contributed by atoms with Gasteiger partial charge in [0.1, 0.15) is 6.61 Å². The molecule has 0 atom stereocenters. The molecule has 0 fully saturated rings. The number of aromatic nitrogens is 1. The summed E-state index contributed by atoms with van der Waals surface area (Å²) in [6.45, 7) is 5.06. The molecule has 16 heavy (non-hydrogen) atoms. The van der Waals surface area contributed by atoms with E-state index in [2.05, 4.69) is 17.2 Å². The summed E-state index contributed by atoms with van der Waals surface area (Å²) in [5.41, 5.74) is 1.09. The second kappa shape index (κ2) is 8.07. The van der Waals surface area contributed by atoms with Gasteiger partial charge in [-0.15, -0.1) is 0 Å². The van der Waals surface area contributed by atoms with Crippen molar-refractivity contribution in [3.8, 4) is 5.88 Å². The van der Waals surface area contributed by atoms with Crippen molar-refractivity contribution < 1.29 is 9.47 Å². The second-order valence-corrected chi connectivity index (χ2v) is 3.49. The third kappa shape index (κ3) is 4.59. The smallest absolute Gasteiger partial charge is 0.217 e. The number of hydrogen-bond donors (Lipinski definition) is 1. The zero-order valence-electron chi connectivity index (χ0n) is 10.0. The molecule has 4 heteroatoms. The largest absolute Gasteiger partial charge is 0.475 e. The maximum Gasteiger partial charge on any atom is 0.217 e. The summed E-state index contributed by atoms with van der Waals surface area (Å²) < 4.78 is 10.5. The molecule has 0 saturated heterocycles. The van der Waals surface area contributed by atoms with Crippen molar-refractivity contribution in [3.63, 3.8) is 0 Å². The topological polar surface area (TPSA) is 43.4 Å². The highest BCUT2D eigenvalue weighted by Gasteiger charge is 2.03. The first kappa shape index (κ1) is 12.9. The molecule has 90 valence electrons. The van der Waals surface area contributed by atoms with E-state index < -0.39 is 0 Å². The van der Waals surface area contributed by atoms with Gasteiger partial charge in [-0.25, -0.2) is 4.98 Å². The van der Waals surface area contributed by atoms with E-state index in [1.54, 1.807) is 13.3 Å². The van der Waals surface area contributed by atoms with Crippen LogP contribution in [0.5, 0.6) is 5.88 Å². The Hall–Kier alpha value is -1.13. The van der Waals surface area contributed by atoms with Gasteiger partial charge < -0.3 is 14.8 Å². The molecular weight excluding hydrogens is 204 g/mol.